The summed E-state index contributed by atoms with van der Waals surface area (Å²) >= 11 is 5.51. The minimum atomic E-state index is -0.0978. The molecule has 2 nitrogen and oxygen atoms in total. The number of hydrogen-bond donors (Lipinski definition) is 1. The molecule has 0 heterocycles. The minimum absolute atomic E-state index is 0. The molecule has 1 aliphatic rings. The van der Waals surface area contributed by atoms with Crippen LogP contribution in [-0.2, 0) is 26.5 Å². The normalized spacial score (nSPS) is 10.1. The third kappa shape index (κ3) is 8.79. The van der Waals surface area contributed by atoms with E-state index in [1.807, 2.05) is 12.2 Å². The van der Waals surface area contributed by atoms with Gasteiger partial charge in [-0.2, -0.15) is 6.08 Å². The topological polar surface area (TPSA) is 37.3 Å². The summed E-state index contributed by atoms with van der Waals surface area (Å²) in [5.41, 5.74) is 0.0903. The summed E-state index contributed by atoms with van der Waals surface area (Å²) in [6.45, 7) is 0. The van der Waals surface area contributed by atoms with Crippen molar-refractivity contribution in [2.45, 2.75) is 6.42 Å². The maximum atomic E-state index is 10.0. The molecule has 0 fully saturated rings. The first kappa shape index (κ1) is 22.9. The second-order valence-electron chi connectivity index (χ2n) is 2.77. The smallest absolute Gasteiger partial charge is 1.00 e. The zero-order valence-electron chi connectivity index (χ0n) is 9.16. The first-order valence-electron chi connectivity index (χ1n) is 4.32. The van der Waals surface area contributed by atoms with Gasteiger partial charge in [-0.3, -0.25) is 6.08 Å². The van der Waals surface area contributed by atoms with Crippen molar-refractivity contribution in [2.24, 2.45) is 0 Å². The van der Waals surface area contributed by atoms with Crippen LogP contribution in [0.1, 0.15) is 12.0 Å². The molecule has 0 unspecified atom stereocenters. The summed E-state index contributed by atoms with van der Waals surface area (Å²) in [4.78, 5) is 10.0. The standard InChI is InChI=1S/C7H4ClO2.C5H5.2ClH.Ti/c8-6-1-2-7(10)5(3-6)4-9;1-2-4-5-3-1;;;/h1-3,10H;1-3H,4H2;2*1H;/q2*-1;;;+4/p-2. The fourth-order valence-electron chi connectivity index (χ4n) is 0.930. The Hall–Kier alpha value is -0.246. The van der Waals surface area contributed by atoms with Crippen LogP contribution in [0.15, 0.2) is 36.4 Å². The number of hydrogen-bond acceptors (Lipinski definition) is 2. The van der Waals surface area contributed by atoms with E-state index < -0.39 is 0 Å². The van der Waals surface area contributed by atoms with E-state index in [1.54, 1.807) is 6.29 Å². The van der Waals surface area contributed by atoms with Crippen molar-refractivity contribution < 1.29 is 56.4 Å². The van der Waals surface area contributed by atoms with Gasteiger partial charge in [0.05, 0.1) is 6.29 Å². The van der Waals surface area contributed by atoms with Crippen molar-refractivity contribution in [1.29, 1.82) is 0 Å². The van der Waals surface area contributed by atoms with E-state index in [-0.39, 0.29) is 57.8 Å². The van der Waals surface area contributed by atoms with Gasteiger partial charge in [-0.1, -0.05) is 23.7 Å². The van der Waals surface area contributed by atoms with Crippen LogP contribution in [-0.4, -0.2) is 11.4 Å². The molecule has 0 bridgehead atoms. The van der Waals surface area contributed by atoms with Gasteiger partial charge in [0.2, 0.25) is 0 Å². The number of rotatable bonds is 1. The van der Waals surface area contributed by atoms with E-state index in [0.29, 0.717) is 5.02 Å². The van der Waals surface area contributed by atoms with Gasteiger partial charge in [-0.15, -0.1) is 18.1 Å². The molecule has 6 heteroatoms. The Bertz CT molecular complexity index is 396. The summed E-state index contributed by atoms with van der Waals surface area (Å²) in [6, 6.07) is 4.20. The third-order valence-electron chi connectivity index (χ3n) is 1.65. The van der Waals surface area contributed by atoms with Crippen LogP contribution in [0.2, 0.25) is 5.02 Å². The number of phenolic OH excluding ortho intramolecular Hbond substituents is 1. The fourth-order valence-corrected chi connectivity index (χ4v) is 1.10. The monoisotopic (exact) mass is 338 g/mol. The maximum Gasteiger partial charge on any atom is 4.00 e. The molecule has 1 N–H and O–H groups in total. The Morgan fingerprint density at radius 2 is 2.00 bits per heavy atom. The predicted octanol–water partition coefficient (Wildman–Crippen LogP) is -3.19. The van der Waals surface area contributed by atoms with Crippen LogP contribution in [0.5, 0.6) is 5.75 Å². The first-order valence-corrected chi connectivity index (χ1v) is 4.70. The quantitative estimate of drug-likeness (QED) is 0.433. The largest absolute Gasteiger partial charge is 4.00 e. The summed E-state index contributed by atoms with van der Waals surface area (Å²) in [6.07, 6.45) is 11.6. The molecule has 0 saturated carbocycles. The summed E-state index contributed by atoms with van der Waals surface area (Å²) in [5, 5.41) is 9.33. The van der Waals surface area contributed by atoms with Crippen molar-refractivity contribution in [2.75, 3.05) is 0 Å². The summed E-state index contributed by atoms with van der Waals surface area (Å²) < 4.78 is 0. The van der Waals surface area contributed by atoms with Crippen LogP contribution < -0.4 is 24.8 Å². The van der Waals surface area contributed by atoms with E-state index in [0.717, 1.165) is 6.42 Å². The number of allylic oxidation sites excluding steroid dienone is 4. The average Bonchev–Trinajstić information content (AvgIpc) is 2.80. The third-order valence-corrected chi connectivity index (χ3v) is 1.89. The zero-order chi connectivity index (χ0) is 11.1. The van der Waals surface area contributed by atoms with Gasteiger partial charge in [-0.05, 0) is 5.02 Å². The van der Waals surface area contributed by atoms with Crippen LogP contribution in [0.25, 0.3) is 0 Å². The molecular weight excluding hydrogens is 330 g/mol. The summed E-state index contributed by atoms with van der Waals surface area (Å²) in [5.74, 6) is -0.0978. The molecule has 0 spiro atoms. The van der Waals surface area contributed by atoms with E-state index >= 15 is 0 Å². The number of carbonyl (C=O) groups excluding carboxylic acids is 1. The molecule has 2 rings (SSSR count). The average molecular weight is 339 g/mol. The fraction of sp³-hybridized carbons (Fsp3) is 0.0833. The molecule has 1 aromatic rings. The Labute approximate surface area is 139 Å². The van der Waals surface area contributed by atoms with Gasteiger partial charge in [0.15, 0.2) is 0 Å². The molecule has 0 radical (unpaired) electrons. The molecule has 0 saturated heterocycles. The number of phenols is 1. The molecule has 94 valence electrons. The van der Waals surface area contributed by atoms with Gasteiger partial charge in [0.25, 0.3) is 0 Å². The number of halogens is 3. The SMILES string of the molecule is O=[C-]c1cc(Cl)ccc1O.[C-]1=CC=CC1.[Cl-].[Cl-].[Ti+4]. The van der Waals surface area contributed by atoms with Gasteiger partial charge in [-0.25, -0.2) is 12.2 Å². The Morgan fingerprint density at radius 3 is 2.33 bits per heavy atom. The molecule has 0 atom stereocenters. The van der Waals surface area contributed by atoms with E-state index in [1.165, 1.54) is 18.2 Å². The van der Waals surface area contributed by atoms with Crippen molar-refractivity contribution in [1.82, 2.24) is 0 Å². The van der Waals surface area contributed by atoms with Crippen molar-refractivity contribution >= 4 is 17.9 Å². The van der Waals surface area contributed by atoms with Gasteiger partial charge in [0, 0.05) is 5.75 Å². The number of benzene rings is 1. The maximum absolute atomic E-state index is 10.0. The van der Waals surface area contributed by atoms with Crippen molar-refractivity contribution in [3.63, 3.8) is 0 Å². The second-order valence-corrected chi connectivity index (χ2v) is 3.20. The molecule has 1 aliphatic carbocycles. The van der Waals surface area contributed by atoms with Crippen LogP contribution in [0.3, 0.4) is 0 Å². The second kappa shape index (κ2) is 13.2. The van der Waals surface area contributed by atoms with Gasteiger partial charge >= 0.3 is 21.7 Å². The summed E-state index contributed by atoms with van der Waals surface area (Å²) in [7, 11) is 0. The minimum Gasteiger partial charge on any atom is -1.00 e. The molecule has 0 aliphatic heterocycles. The van der Waals surface area contributed by atoms with Crippen LogP contribution in [0.4, 0.5) is 0 Å². The van der Waals surface area contributed by atoms with Crippen molar-refractivity contribution in [3.8, 4) is 5.75 Å². The number of aromatic hydroxyl groups is 1. The Kier molecular flexibility index (Phi) is 16.8. The molecule has 0 aromatic heterocycles. The first-order chi connectivity index (χ1) is 7.24. The molecule has 0 amide bonds. The van der Waals surface area contributed by atoms with Gasteiger partial charge < -0.3 is 34.7 Å². The van der Waals surface area contributed by atoms with E-state index in [4.69, 9.17) is 16.7 Å². The van der Waals surface area contributed by atoms with Crippen LogP contribution >= 0.6 is 11.6 Å². The molecule has 1 aromatic carbocycles. The van der Waals surface area contributed by atoms with E-state index in [2.05, 4.69) is 12.2 Å². The predicted molar refractivity (Wildman–Crippen MR) is 59.5 cm³/mol. The Balaban J connectivity index is -0.000000245. The molecule has 18 heavy (non-hydrogen) atoms. The van der Waals surface area contributed by atoms with Crippen LogP contribution in [0, 0.1) is 6.08 Å². The van der Waals surface area contributed by atoms with E-state index in [9.17, 15) is 4.79 Å². The van der Waals surface area contributed by atoms with Crippen molar-refractivity contribution in [3.05, 3.63) is 53.1 Å². The zero-order valence-corrected chi connectivity index (χ0v) is 13.0. The Morgan fingerprint density at radius 1 is 1.33 bits per heavy atom. The molecular formula is C12H9Cl3O2Ti. The van der Waals surface area contributed by atoms with Gasteiger partial charge in [0.1, 0.15) is 0 Å².